The van der Waals surface area contributed by atoms with E-state index in [9.17, 15) is 0 Å². The summed E-state index contributed by atoms with van der Waals surface area (Å²) >= 11 is 0. The van der Waals surface area contributed by atoms with Gasteiger partial charge in [-0.2, -0.15) is 0 Å². The summed E-state index contributed by atoms with van der Waals surface area (Å²) < 4.78 is 0. The second-order valence-corrected chi connectivity index (χ2v) is 4.72. The van der Waals surface area contributed by atoms with Gasteiger partial charge in [-0.15, -0.1) is 0 Å². The lowest BCUT2D eigenvalue weighted by Gasteiger charge is -2.17. The van der Waals surface area contributed by atoms with Gasteiger partial charge in [-0.05, 0) is 42.3 Å². The van der Waals surface area contributed by atoms with Gasteiger partial charge in [-0.1, -0.05) is 23.8 Å². The molecule has 2 aromatic rings. The molecule has 0 aromatic heterocycles. The van der Waals surface area contributed by atoms with E-state index in [1.807, 2.05) is 6.07 Å². The molecule has 17 heavy (non-hydrogen) atoms. The molecular formula is C15H16N2. The van der Waals surface area contributed by atoms with E-state index in [1.54, 1.807) is 0 Å². The standard InChI is InChI=1S/C15H16N2/c1-11-2-6-15(7-3-11)17-9-12-4-5-14(16)8-13(12)10-17/h2-8H,9-10,16H2,1H3. The van der Waals surface area contributed by atoms with E-state index in [0.29, 0.717) is 0 Å². The minimum Gasteiger partial charge on any atom is -0.399 e. The number of anilines is 2. The Morgan fingerprint density at radius 3 is 2.41 bits per heavy atom. The molecule has 0 saturated heterocycles. The Hall–Kier alpha value is -1.96. The van der Waals surface area contributed by atoms with Gasteiger partial charge in [0.2, 0.25) is 0 Å². The Labute approximate surface area is 102 Å². The Bertz CT molecular complexity index is 543. The van der Waals surface area contributed by atoms with Crippen molar-refractivity contribution in [1.82, 2.24) is 0 Å². The molecule has 0 unspecified atom stereocenters. The highest BCUT2D eigenvalue weighted by Gasteiger charge is 2.18. The first-order valence-corrected chi connectivity index (χ1v) is 5.91. The van der Waals surface area contributed by atoms with E-state index in [1.165, 1.54) is 22.4 Å². The molecule has 2 N–H and O–H groups in total. The predicted molar refractivity (Wildman–Crippen MR) is 71.9 cm³/mol. The van der Waals surface area contributed by atoms with Crippen molar-refractivity contribution in [3.05, 3.63) is 59.2 Å². The number of benzene rings is 2. The van der Waals surface area contributed by atoms with Crippen LogP contribution >= 0.6 is 0 Å². The fraction of sp³-hybridized carbons (Fsp3) is 0.200. The first kappa shape index (κ1) is 10.2. The first-order chi connectivity index (χ1) is 8.22. The zero-order valence-electron chi connectivity index (χ0n) is 9.98. The largest absolute Gasteiger partial charge is 0.399 e. The molecular weight excluding hydrogens is 208 g/mol. The lowest BCUT2D eigenvalue weighted by Crippen LogP contribution is -2.14. The Balaban J connectivity index is 1.88. The molecule has 0 saturated carbocycles. The van der Waals surface area contributed by atoms with Crippen molar-refractivity contribution in [3.8, 4) is 0 Å². The minimum absolute atomic E-state index is 0.856. The molecule has 2 heteroatoms. The molecule has 1 aliphatic rings. The minimum atomic E-state index is 0.856. The van der Waals surface area contributed by atoms with Crippen molar-refractivity contribution < 1.29 is 0 Å². The Morgan fingerprint density at radius 2 is 1.65 bits per heavy atom. The van der Waals surface area contributed by atoms with E-state index in [-0.39, 0.29) is 0 Å². The maximum absolute atomic E-state index is 5.82. The molecule has 2 nitrogen and oxygen atoms in total. The molecule has 1 heterocycles. The number of nitrogen functional groups attached to an aromatic ring is 1. The van der Waals surface area contributed by atoms with Crippen LogP contribution in [0.25, 0.3) is 0 Å². The lowest BCUT2D eigenvalue weighted by molar-refractivity contribution is 0.880. The van der Waals surface area contributed by atoms with Crippen LogP contribution in [0.15, 0.2) is 42.5 Å². The molecule has 0 radical (unpaired) electrons. The highest BCUT2D eigenvalue weighted by Crippen LogP contribution is 2.29. The Morgan fingerprint density at radius 1 is 0.941 bits per heavy atom. The second-order valence-electron chi connectivity index (χ2n) is 4.72. The van der Waals surface area contributed by atoms with Crippen LogP contribution in [0.5, 0.6) is 0 Å². The predicted octanol–water partition coefficient (Wildman–Crippen LogP) is 3.10. The highest BCUT2D eigenvalue weighted by atomic mass is 15.1. The van der Waals surface area contributed by atoms with Crippen LogP contribution in [0.4, 0.5) is 11.4 Å². The van der Waals surface area contributed by atoms with Crippen LogP contribution in [0.3, 0.4) is 0 Å². The average Bonchev–Trinajstić information content (AvgIpc) is 2.72. The number of hydrogen-bond acceptors (Lipinski definition) is 2. The summed E-state index contributed by atoms with van der Waals surface area (Å²) in [5.41, 5.74) is 12.0. The summed E-state index contributed by atoms with van der Waals surface area (Å²) in [6, 6.07) is 14.9. The summed E-state index contributed by atoms with van der Waals surface area (Å²) in [5.74, 6) is 0. The maximum Gasteiger partial charge on any atom is 0.0437 e. The smallest absolute Gasteiger partial charge is 0.0437 e. The molecule has 86 valence electrons. The molecule has 0 atom stereocenters. The third kappa shape index (κ3) is 1.86. The summed E-state index contributed by atoms with van der Waals surface area (Å²) in [7, 11) is 0. The summed E-state index contributed by atoms with van der Waals surface area (Å²) in [5, 5.41) is 0. The number of nitrogens with two attached hydrogens (primary N) is 1. The first-order valence-electron chi connectivity index (χ1n) is 5.91. The van der Waals surface area contributed by atoms with Gasteiger partial charge in [-0.25, -0.2) is 0 Å². The van der Waals surface area contributed by atoms with Gasteiger partial charge in [-0.3, -0.25) is 0 Å². The Kier molecular flexibility index (Phi) is 2.29. The summed E-state index contributed by atoms with van der Waals surface area (Å²) in [4.78, 5) is 2.38. The maximum atomic E-state index is 5.82. The van der Waals surface area contributed by atoms with Gasteiger partial charge in [0.1, 0.15) is 0 Å². The highest BCUT2D eigenvalue weighted by molar-refractivity contribution is 5.55. The SMILES string of the molecule is Cc1ccc(N2Cc3ccc(N)cc3C2)cc1. The third-order valence-electron chi connectivity index (χ3n) is 3.35. The van der Waals surface area contributed by atoms with Gasteiger partial charge >= 0.3 is 0 Å². The van der Waals surface area contributed by atoms with Gasteiger partial charge < -0.3 is 10.6 Å². The zero-order chi connectivity index (χ0) is 11.8. The number of aryl methyl sites for hydroxylation is 1. The van der Waals surface area contributed by atoms with Crippen LogP contribution in [0, 0.1) is 6.92 Å². The van der Waals surface area contributed by atoms with Crippen molar-refractivity contribution in [2.24, 2.45) is 0 Å². The van der Waals surface area contributed by atoms with E-state index in [4.69, 9.17) is 5.73 Å². The molecule has 0 bridgehead atoms. The molecule has 0 amide bonds. The molecule has 3 rings (SSSR count). The van der Waals surface area contributed by atoms with Gasteiger partial charge in [0.25, 0.3) is 0 Å². The molecule has 0 aliphatic carbocycles. The third-order valence-corrected chi connectivity index (χ3v) is 3.35. The second kappa shape index (κ2) is 3.81. The fourth-order valence-electron chi connectivity index (χ4n) is 2.35. The topological polar surface area (TPSA) is 29.3 Å². The number of rotatable bonds is 1. The van der Waals surface area contributed by atoms with E-state index in [0.717, 1.165) is 18.8 Å². The van der Waals surface area contributed by atoms with Crippen LogP contribution in [0.2, 0.25) is 0 Å². The van der Waals surface area contributed by atoms with E-state index < -0.39 is 0 Å². The lowest BCUT2D eigenvalue weighted by atomic mass is 10.1. The van der Waals surface area contributed by atoms with Gasteiger partial charge in [0.05, 0.1) is 0 Å². The number of hydrogen-bond donors (Lipinski definition) is 1. The molecule has 1 aliphatic heterocycles. The van der Waals surface area contributed by atoms with Crippen molar-refractivity contribution in [2.75, 3.05) is 10.6 Å². The monoisotopic (exact) mass is 224 g/mol. The van der Waals surface area contributed by atoms with Crippen LogP contribution in [-0.2, 0) is 13.1 Å². The number of fused-ring (bicyclic) bond motifs is 1. The van der Waals surface area contributed by atoms with Crippen LogP contribution in [-0.4, -0.2) is 0 Å². The number of nitrogens with zero attached hydrogens (tertiary/aromatic N) is 1. The van der Waals surface area contributed by atoms with Crippen LogP contribution in [0.1, 0.15) is 16.7 Å². The fourth-order valence-corrected chi connectivity index (χ4v) is 2.35. The zero-order valence-corrected chi connectivity index (χ0v) is 9.98. The van der Waals surface area contributed by atoms with E-state index in [2.05, 4.69) is 48.2 Å². The molecule has 0 spiro atoms. The summed E-state index contributed by atoms with van der Waals surface area (Å²) in [6.45, 7) is 4.06. The van der Waals surface area contributed by atoms with Gasteiger partial charge in [0.15, 0.2) is 0 Å². The quantitative estimate of drug-likeness (QED) is 0.754. The van der Waals surface area contributed by atoms with Crippen molar-refractivity contribution in [2.45, 2.75) is 20.0 Å². The van der Waals surface area contributed by atoms with Crippen molar-refractivity contribution >= 4 is 11.4 Å². The van der Waals surface area contributed by atoms with Crippen LogP contribution < -0.4 is 10.6 Å². The molecule has 2 aromatic carbocycles. The van der Waals surface area contributed by atoms with E-state index >= 15 is 0 Å². The van der Waals surface area contributed by atoms with Gasteiger partial charge in [0, 0.05) is 24.5 Å². The molecule has 0 fully saturated rings. The van der Waals surface area contributed by atoms with Crippen molar-refractivity contribution in [3.63, 3.8) is 0 Å². The normalized spacial score (nSPS) is 13.8. The van der Waals surface area contributed by atoms with Crippen molar-refractivity contribution in [1.29, 1.82) is 0 Å². The average molecular weight is 224 g/mol. The summed E-state index contributed by atoms with van der Waals surface area (Å²) in [6.07, 6.45) is 0.